The monoisotopic (exact) mass is 99.0 g/mol. The van der Waals surface area contributed by atoms with E-state index in [0.29, 0.717) is 0 Å². The van der Waals surface area contributed by atoms with Gasteiger partial charge in [0.2, 0.25) is 0 Å². The Morgan fingerprint density at radius 1 is 1.86 bits per heavy atom. The van der Waals surface area contributed by atoms with Crippen LogP contribution in [0.3, 0.4) is 0 Å². The molecule has 0 radical (unpaired) electrons. The summed E-state index contributed by atoms with van der Waals surface area (Å²) in [6.45, 7) is 6.46. The van der Waals surface area contributed by atoms with Crippen molar-refractivity contribution in [3.05, 3.63) is 12.7 Å². The molecule has 0 saturated carbocycles. The van der Waals surface area contributed by atoms with Gasteiger partial charge in [-0.15, -0.1) is 0 Å². The molecule has 3 nitrogen and oxygen atoms in total. The second kappa shape index (κ2) is 8.83. The van der Waals surface area contributed by atoms with Gasteiger partial charge >= 0.3 is 5.97 Å². The fourth-order valence-corrected chi connectivity index (χ4v) is 0. The minimum absolute atomic E-state index is 0.833. The highest BCUT2D eigenvalue weighted by molar-refractivity contribution is 5.78. The molecule has 0 spiro atoms. The maximum absolute atomic E-state index is 9.25. The summed E-state index contributed by atoms with van der Waals surface area (Å²) >= 11 is 0. The summed E-state index contributed by atoms with van der Waals surface area (Å²) in [7, 11) is 0. The molecule has 3 heteroatoms. The number of carboxylic acid groups (broad SMARTS) is 1. The van der Waals surface area contributed by atoms with Crippen LogP contribution in [0.5, 0.6) is 0 Å². The van der Waals surface area contributed by atoms with Crippen molar-refractivity contribution in [1.82, 2.24) is 0 Å². The fourth-order valence-electron chi connectivity index (χ4n) is 0. The maximum Gasteiger partial charge on any atom is 0.327 e. The van der Waals surface area contributed by atoms with Gasteiger partial charge in [-0.05, 0) is 0 Å². The molecule has 0 bridgehead atoms. The van der Waals surface area contributed by atoms with Gasteiger partial charge in [-0.2, -0.15) is 0 Å². The third kappa shape index (κ3) is 69.9. The molecule has 0 saturated heterocycles. The van der Waals surface area contributed by atoms with Crippen molar-refractivity contribution in [2.24, 2.45) is 0 Å². The molecule has 0 aromatic carbocycles. The van der Waals surface area contributed by atoms with Gasteiger partial charge in [0.05, 0.1) is 0 Å². The molecule has 0 unspecified atom stereocenters. The first-order valence-corrected chi connectivity index (χ1v) is 1.38. The van der Waals surface area contributed by atoms with E-state index in [1.807, 2.05) is 0 Å². The van der Waals surface area contributed by atoms with E-state index in [0.717, 1.165) is 6.08 Å². The van der Waals surface area contributed by atoms with Crippen molar-refractivity contribution < 1.29 is 9.90 Å². The van der Waals surface area contributed by atoms with E-state index in [2.05, 4.69) is 13.2 Å². The van der Waals surface area contributed by atoms with Crippen molar-refractivity contribution in [1.29, 1.82) is 5.26 Å². The lowest BCUT2D eigenvalue weighted by Gasteiger charge is -1.64. The van der Waals surface area contributed by atoms with E-state index in [-0.39, 0.29) is 0 Å². The van der Waals surface area contributed by atoms with Crippen LogP contribution in [0.4, 0.5) is 0 Å². The van der Waals surface area contributed by atoms with Gasteiger partial charge < -0.3 is 5.11 Å². The van der Waals surface area contributed by atoms with E-state index >= 15 is 0 Å². The molecule has 1 N–H and O–H groups in total. The van der Waals surface area contributed by atoms with Crippen LogP contribution in [0.2, 0.25) is 0 Å². The van der Waals surface area contributed by atoms with Crippen molar-refractivity contribution in [2.45, 2.75) is 0 Å². The zero-order chi connectivity index (χ0) is 6.28. The molecule has 0 amide bonds. The Labute approximate surface area is 41.5 Å². The predicted octanol–water partition coefficient (Wildman–Crippen LogP) is 0.397. The van der Waals surface area contributed by atoms with Crippen molar-refractivity contribution in [3.8, 4) is 6.57 Å². The molecule has 0 aliphatic rings. The molecule has 0 aliphatic carbocycles. The SMILES string of the molecule is C#N.C=CC(=O)O. The maximum atomic E-state index is 9.25. The molecule has 7 heavy (non-hydrogen) atoms. The van der Waals surface area contributed by atoms with Crippen LogP contribution in [0.25, 0.3) is 0 Å². The number of aliphatic carboxylic acids is 1. The zero-order valence-corrected chi connectivity index (χ0v) is 3.66. The Morgan fingerprint density at radius 2 is 2.00 bits per heavy atom. The first-order chi connectivity index (χ1) is 3.27. The number of nitriles is 1. The number of carboxylic acids is 1. The summed E-state index contributed by atoms with van der Waals surface area (Å²) in [5, 5.41) is 14.1. The average Bonchev–Trinajstić information content (AvgIpc) is 1.73. The van der Waals surface area contributed by atoms with Crippen LogP contribution in [0, 0.1) is 11.8 Å². The van der Waals surface area contributed by atoms with Gasteiger partial charge in [0.1, 0.15) is 0 Å². The third-order valence-corrected chi connectivity index (χ3v) is 0.175. The van der Waals surface area contributed by atoms with E-state index < -0.39 is 5.97 Å². The van der Waals surface area contributed by atoms with Gasteiger partial charge in [0.15, 0.2) is 0 Å². The minimum atomic E-state index is -0.981. The van der Waals surface area contributed by atoms with Gasteiger partial charge in [0, 0.05) is 12.6 Å². The number of hydrogen-bond acceptors (Lipinski definition) is 2. The van der Waals surface area contributed by atoms with Crippen LogP contribution in [-0.2, 0) is 4.79 Å². The number of carbonyl (C=O) groups is 1. The topological polar surface area (TPSA) is 61.1 Å². The fraction of sp³-hybridized carbons (Fsp3) is 0. The Hall–Kier alpha value is -1.30. The number of rotatable bonds is 1. The first-order valence-electron chi connectivity index (χ1n) is 1.38. The Morgan fingerprint density at radius 3 is 2.00 bits per heavy atom. The normalized spacial score (nSPS) is 4.86. The second-order valence-electron chi connectivity index (χ2n) is 0.542. The molecule has 0 aromatic heterocycles. The summed E-state index contributed by atoms with van der Waals surface area (Å²) in [6, 6.07) is 0. The number of nitrogens with zero attached hydrogens (tertiary/aromatic N) is 1. The average molecular weight is 99.1 g/mol. The molecule has 0 aliphatic heterocycles. The van der Waals surface area contributed by atoms with E-state index in [9.17, 15) is 4.79 Å². The van der Waals surface area contributed by atoms with E-state index in [1.165, 1.54) is 0 Å². The Kier molecular flexibility index (Phi) is 11.6. The lowest BCUT2D eigenvalue weighted by atomic mass is 10.7. The van der Waals surface area contributed by atoms with Gasteiger partial charge in [0.25, 0.3) is 0 Å². The van der Waals surface area contributed by atoms with Crippen LogP contribution >= 0.6 is 0 Å². The first kappa shape index (κ1) is 9.20. The smallest absolute Gasteiger partial charge is 0.327 e. The van der Waals surface area contributed by atoms with Gasteiger partial charge in [-0.3, -0.25) is 0 Å². The summed E-state index contributed by atoms with van der Waals surface area (Å²) in [4.78, 5) is 9.25. The van der Waals surface area contributed by atoms with Crippen molar-refractivity contribution in [2.75, 3.05) is 0 Å². The quantitative estimate of drug-likeness (QED) is 0.484. The second-order valence-corrected chi connectivity index (χ2v) is 0.542. The van der Waals surface area contributed by atoms with Crippen LogP contribution in [-0.4, -0.2) is 11.1 Å². The van der Waals surface area contributed by atoms with E-state index in [4.69, 9.17) is 10.4 Å². The summed E-state index contributed by atoms with van der Waals surface area (Å²) in [5.74, 6) is -0.981. The molecule has 0 aromatic rings. The third-order valence-electron chi connectivity index (χ3n) is 0.175. The largest absolute Gasteiger partial charge is 0.478 e. The zero-order valence-electron chi connectivity index (χ0n) is 3.66. The summed E-state index contributed by atoms with van der Waals surface area (Å²) < 4.78 is 0. The Balaban J connectivity index is 0. The highest BCUT2D eigenvalue weighted by Gasteiger charge is 1.73. The van der Waals surface area contributed by atoms with Crippen LogP contribution in [0.1, 0.15) is 0 Å². The molecule has 0 rings (SSSR count). The summed E-state index contributed by atoms with van der Waals surface area (Å²) in [5.41, 5.74) is 0. The van der Waals surface area contributed by atoms with Crippen molar-refractivity contribution >= 4 is 5.97 Å². The summed E-state index contributed by atoms with van der Waals surface area (Å²) in [6.07, 6.45) is 0.833. The number of hydrogen-bond donors (Lipinski definition) is 1. The van der Waals surface area contributed by atoms with Crippen molar-refractivity contribution in [3.63, 3.8) is 0 Å². The van der Waals surface area contributed by atoms with Crippen LogP contribution in [0.15, 0.2) is 12.7 Å². The van der Waals surface area contributed by atoms with Gasteiger partial charge in [-0.1, -0.05) is 6.58 Å². The predicted molar refractivity (Wildman–Crippen MR) is 24.5 cm³/mol. The molecular formula is C4H5NO2. The van der Waals surface area contributed by atoms with Gasteiger partial charge in [-0.25, -0.2) is 10.1 Å². The highest BCUT2D eigenvalue weighted by Crippen LogP contribution is 1.54. The molecule has 0 atom stereocenters. The van der Waals surface area contributed by atoms with Crippen LogP contribution < -0.4 is 0 Å². The minimum Gasteiger partial charge on any atom is -0.478 e. The molecule has 38 valence electrons. The van der Waals surface area contributed by atoms with E-state index in [1.54, 1.807) is 0 Å². The molecule has 0 fully saturated rings. The lowest BCUT2D eigenvalue weighted by molar-refractivity contribution is -0.131. The Bertz CT molecular complexity index is 84.9. The lowest BCUT2D eigenvalue weighted by Crippen LogP contribution is -1.82. The highest BCUT2D eigenvalue weighted by atomic mass is 16.4. The standard InChI is InChI=1S/C3H4O2.CHN/c1-2-3(4)5;1-2/h2H,1H2,(H,4,5);1H. The molecular weight excluding hydrogens is 94.0 g/mol. The molecule has 0 heterocycles.